The Hall–Kier alpha value is -4.72. The van der Waals surface area contributed by atoms with Gasteiger partial charge in [0.2, 0.25) is 0 Å². The minimum atomic E-state index is -0.877. The summed E-state index contributed by atoms with van der Waals surface area (Å²) in [4.78, 5) is 31.9. The number of amides is 1. The van der Waals surface area contributed by atoms with E-state index in [1.807, 2.05) is 31.2 Å². The SMILES string of the molecule is COc1ccc(N2C(=O)C(=O)/C(=C(/O)c3ccc(OC)c(OC)c3)C2c2c(C)[nH]c3ccccc23)cc1. The molecule has 1 aromatic heterocycles. The van der Waals surface area contributed by atoms with Crippen molar-refractivity contribution in [2.75, 3.05) is 26.2 Å². The Balaban J connectivity index is 1.78. The van der Waals surface area contributed by atoms with Crippen LogP contribution < -0.4 is 19.1 Å². The Labute approximate surface area is 213 Å². The Morgan fingerprint density at radius 3 is 2.27 bits per heavy atom. The van der Waals surface area contributed by atoms with E-state index in [0.29, 0.717) is 28.5 Å². The van der Waals surface area contributed by atoms with Crippen LogP contribution in [0.4, 0.5) is 5.69 Å². The summed E-state index contributed by atoms with van der Waals surface area (Å²) >= 11 is 0. The molecule has 1 saturated heterocycles. The predicted octanol–water partition coefficient (Wildman–Crippen LogP) is 5.13. The third-order valence-corrected chi connectivity index (χ3v) is 6.67. The van der Waals surface area contributed by atoms with Crippen molar-refractivity contribution in [1.82, 2.24) is 4.98 Å². The number of Topliss-reactive ketones (excluding diaryl/α,β-unsaturated/α-hetero) is 1. The number of aromatic nitrogens is 1. The minimum absolute atomic E-state index is 0.0131. The zero-order chi connectivity index (χ0) is 26.3. The van der Waals surface area contributed by atoms with Gasteiger partial charge in [0.1, 0.15) is 11.5 Å². The Bertz CT molecular complexity index is 1550. The van der Waals surface area contributed by atoms with Gasteiger partial charge in [0.05, 0.1) is 32.9 Å². The molecule has 2 N–H and O–H groups in total. The van der Waals surface area contributed by atoms with E-state index >= 15 is 0 Å². The predicted molar refractivity (Wildman–Crippen MR) is 140 cm³/mol. The van der Waals surface area contributed by atoms with E-state index in [2.05, 4.69) is 4.98 Å². The molecule has 5 rings (SSSR count). The van der Waals surface area contributed by atoms with Gasteiger partial charge in [-0.3, -0.25) is 14.5 Å². The third kappa shape index (κ3) is 3.87. The fourth-order valence-corrected chi connectivity index (χ4v) is 4.90. The molecular weight excluding hydrogens is 472 g/mol. The summed E-state index contributed by atoms with van der Waals surface area (Å²) in [5.41, 5.74) is 3.19. The van der Waals surface area contributed by atoms with Crippen molar-refractivity contribution >= 4 is 34.0 Å². The molecule has 188 valence electrons. The Kier molecular flexibility index (Phi) is 6.09. The first kappa shape index (κ1) is 24.0. The van der Waals surface area contributed by atoms with Gasteiger partial charge in [-0.2, -0.15) is 0 Å². The van der Waals surface area contributed by atoms with E-state index in [1.165, 1.54) is 19.1 Å². The van der Waals surface area contributed by atoms with Crippen LogP contribution in [-0.2, 0) is 9.59 Å². The van der Waals surface area contributed by atoms with Gasteiger partial charge in [0.15, 0.2) is 11.5 Å². The smallest absolute Gasteiger partial charge is 0.300 e. The maximum Gasteiger partial charge on any atom is 0.300 e. The molecule has 0 aliphatic carbocycles. The van der Waals surface area contributed by atoms with Crippen LogP contribution in [0.15, 0.2) is 72.3 Å². The number of nitrogens with zero attached hydrogens (tertiary/aromatic N) is 1. The lowest BCUT2D eigenvalue weighted by molar-refractivity contribution is -0.132. The largest absolute Gasteiger partial charge is 0.507 e. The molecule has 0 saturated carbocycles. The number of ether oxygens (including phenoxy) is 3. The highest BCUT2D eigenvalue weighted by Gasteiger charge is 2.48. The first-order valence-corrected chi connectivity index (χ1v) is 11.6. The number of para-hydroxylation sites is 1. The van der Waals surface area contributed by atoms with Crippen LogP contribution in [0.2, 0.25) is 0 Å². The number of carbonyl (C=O) groups is 2. The number of methoxy groups -OCH3 is 3. The van der Waals surface area contributed by atoms with Crippen molar-refractivity contribution in [3.05, 3.63) is 89.1 Å². The van der Waals surface area contributed by atoms with E-state index in [0.717, 1.165) is 22.2 Å². The van der Waals surface area contributed by atoms with Crippen molar-refractivity contribution in [2.24, 2.45) is 0 Å². The summed E-state index contributed by atoms with van der Waals surface area (Å²) in [5.74, 6) is -0.340. The molecule has 1 aliphatic heterocycles. The number of aliphatic hydroxyl groups is 1. The number of fused-ring (bicyclic) bond motifs is 1. The number of H-pyrrole nitrogens is 1. The van der Waals surface area contributed by atoms with Gasteiger partial charge in [-0.25, -0.2) is 0 Å². The zero-order valence-electron chi connectivity index (χ0n) is 20.9. The lowest BCUT2D eigenvalue weighted by Crippen LogP contribution is -2.29. The van der Waals surface area contributed by atoms with E-state index in [1.54, 1.807) is 49.6 Å². The molecule has 3 aromatic carbocycles. The highest BCUT2D eigenvalue weighted by molar-refractivity contribution is 6.52. The number of aryl methyl sites for hydroxylation is 1. The molecule has 1 unspecified atom stereocenters. The van der Waals surface area contributed by atoms with Crippen LogP contribution in [0.1, 0.15) is 22.9 Å². The van der Waals surface area contributed by atoms with E-state index in [4.69, 9.17) is 14.2 Å². The number of aromatic amines is 1. The summed E-state index contributed by atoms with van der Waals surface area (Å²) in [7, 11) is 4.55. The van der Waals surface area contributed by atoms with Crippen molar-refractivity contribution in [2.45, 2.75) is 13.0 Å². The summed E-state index contributed by atoms with van der Waals surface area (Å²) in [6.45, 7) is 1.89. The second-order valence-electron chi connectivity index (χ2n) is 8.65. The highest BCUT2D eigenvalue weighted by atomic mass is 16.5. The first-order chi connectivity index (χ1) is 17.9. The normalized spacial score (nSPS) is 16.9. The molecule has 1 fully saturated rings. The average molecular weight is 499 g/mol. The van der Waals surface area contributed by atoms with E-state index in [-0.39, 0.29) is 11.3 Å². The molecule has 4 aromatic rings. The second-order valence-corrected chi connectivity index (χ2v) is 8.65. The van der Waals surface area contributed by atoms with Gasteiger partial charge in [0, 0.05) is 33.4 Å². The summed E-state index contributed by atoms with van der Waals surface area (Å²) in [6.07, 6.45) is 0. The lowest BCUT2D eigenvalue weighted by Gasteiger charge is -2.26. The number of hydrogen-bond acceptors (Lipinski definition) is 6. The van der Waals surface area contributed by atoms with Crippen molar-refractivity contribution in [3.8, 4) is 17.2 Å². The van der Waals surface area contributed by atoms with Crippen LogP contribution in [0.3, 0.4) is 0 Å². The topological polar surface area (TPSA) is 101 Å². The summed E-state index contributed by atoms with van der Waals surface area (Å²) < 4.78 is 16.0. The number of anilines is 1. The van der Waals surface area contributed by atoms with Crippen molar-refractivity contribution in [1.29, 1.82) is 0 Å². The quantitative estimate of drug-likeness (QED) is 0.217. The number of hydrogen-bond donors (Lipinski definition) is 2. The summed E-state index contributed by atoms with van der Waals surface area (Å²) in [6, 6.07) is 18.5. The Morgan fingerprint density at radius 1 is 0.892 bits per heavy atom. The second kappa shape index (κ2) is 9.39. The molecule has 0 radical (unpaired) electrons. The maximum atomic E-state index is 13.6. The number of carbonyl (C=O) groups excluding carboxylic acids is 2. The molecule has 8 heteroatoms. The van der Waals surface area contributed by atoms with Gasteiger partial charge in [-0.1, -0.05) is 18.2 Å². The first-order valence-electron chi connectivity index (χ1n) is 11.6. The van der Waals surface area contributed by atoms with Crippen LogP contribution >= 0.6 is 0 Å². The lowest BCUT2D eigenvalue weighted by atomic mass is 9.93. The molecule has 0 bridgehead atoms. The number of rotatable bonds is 6. The molecule has 1 atom stereocenters. The maximum absolute atomic E-state index is 13.6. The van der Waals surface area contributed by atoms with Gasteiger partial charge in [0.25, 0.3) is 11.7 Å². The van der Waals surface area contributed by atoms with E-state index < -0.39 is 17.7 Å². The fraction of sp³-hybridized carbons (Fsp3) is 0.172. The monoisotopic (exact) mass is 498 g/mol. The molecule has 1 aliphatic rings. The molecule has 2 heterocycles. The van der Waals surface area contributed by atoms with Crippen LogP contribution in [0.25, 0.3) is 16.7 Å². The number of benzene rings is 3. The van der Waals surface area contributed by atoms with Crippen molar-refractivity contribution < 1.29 is 28.9 Å². The van der Waals surface area contributed by atoms with Gasteiger partial charge in [-0.15, -0.1) is 0 Å². The van der Waals surface area contributed by atoms with Crippen molar-refractivity contribution in [3.63, 3.8) is 0 Å². The summed E-state index contributed by atoms with van der Waals surface area (Å²) in [5, 5.41) is 12.4. The minimum Gasteiger partial charge on any atom is -0.507 e. The molecular formula is C29H26N2O6. The third-order valence-electron chi connectivity index (χ3n) is 6.67. The molecule has 8 nitrogen and oxygen atoms in total. The number of nitrogens with one attached hydrogen (secondary N) is 1. The molecule has 37 heavy (non-hydrogen) atoms. The number of aliphatic hydroxyl groups excluding tert-OH is 1. The van der Waals surface area contributed by atoms with Gasteiger partial charge in [-0.05, 0) is 55.5 Å². The van der Waals surface area contributed by atoms with E-state index in [9.17, 15) is 14.7 Å². The van der Waals surface area contributed by atoms with Crippen LogP contribution in [0, 0.1) is 6.92 Å². The van der Waals surface area contributed by atoms with Gasteiger partial charge >= 0.3 is 0 Å². The molecule has 1 amide bonds. The van der Waals surface area contributed by atoms with Gasteiger partial charge < -0.3 is 24.3 Å². The fourth-order valence-electron chi connectivity index (χ4n) is 4.90. The number of ketones is 1. The average Bonchev–Trinajstić information content (AvgIpc) is 3.39. The standard InChI is InChI=1S/C29H26N2O6/c1-16-24(20-7-5-6-8-21(20)30-16)26-25(27(32)17-9-14-22(36-3)23(15-17)37-4)28(33)29(34)31(26)18-10-12-19(35-2)13-11-18/h5-15,26,30,32H,1-4H3/b27-25+. The Morgan fingerprint density at radius 2 is 1.59 bits per heavy atom. The van der Waals surface area contributed by atoms with Crippen LogP contribution in [-0.4, -0.2) is 43.1 Å². The zero-order valence-corrected chi connectivity index (χ0v) is 20.9. The van der Waals surface area contributed by atoms with Crippen LogP contribution in [0.5, 0.6) is 17.2 Å². The molecule has 0 spiro atoms. The highest BCUT2D eigenvalue weighted by Crippen LogP contribution is 2.46.